The lowest BCUT2D eigenvalue weighted by atomic mass is 9.75. The highest BCUT2D eigenvalue weighted by molar-refractivity contribution is 7.49. The number of aromatic hydroxyl groups is 1. The van der Waals surface area contributed by atoms with Crippen LogP contribution in [0.3, 0.4) is 0 Å². The highest BCUT2D eigenvalue weighted by Crippen LogP contribution is 2.44. The summed E-state index contributed by atoms with van der Waals surface area (Å²) in [7, 11) is 1.33. The van der Waals surface area contributed by atoms with Crippen LogP contribution in [-0.2, 0) is 6.42 Å². The largest absolute Gasteiger partial charge is 0.508 e. The Morgan fingerprint density at radius 1 is 1.23 bits per heavy atom. The van der Waals surface area contributed by atoms with Crippen molar-refractivity contribution in [2.24, 2.45) is 5.92 Å². The summed E-state index contributed by atoms with van der Waals surface area (Å²) in [4.78, 5) is 0. The number of benzene rings is 1. The van der Waals surface area contributed by atoms with Gasteiger partial charge in [0.15, 0.2) is 0 Å². The van der Waals surface area contributed by atoms with E-state index in [-0.39, 0.29) is 0 Å². The van der Waals surface area contributed by atoms with E-state index in [0.29, 0.717) is 17.6 Å². The lowest BCUT2D eigenvalue weighted by Gasteiger charge is -2.35. The minimum absolute atomic E-state index is 0.398. The van der Waals surface area contributed by atoms with E-state index in [1.165, 1.54) is 62.3 Å². The number of hydrogen-bond donors (Lipinski definition) is 1. The zero-order chi connectivity index (χ0) is 15.7. The van der Waals surface area contributed by atoms with Crippen molar-refractivity contribution < 1.29 is 5.11 Å². The van der Waals surface area contributed by atoms with Crippen LogP contribution >= 0.6 is 8.20 Å². The number of phenolic OH excluding ortho intramolecular Hbond substituents is 1. The van der Waals surface area contributed by atoms with E-state index in [4.69, 9.17) is 0 Å². The Hall–Kier alpha value is -1.07. The summed E-state index contributed by atoms with van der Waals surface area (Å²) in [6.45, 7) is 6.77. The molecule has 118 valence electrons. The first-order valence-corrected chi connectivity index (χ1v) is 9.58. The number of aryl methyl sites for hydroxylation is 1. The number of phenols is 1. The van der Waals surface area contributed by atoms with Crippen LogP contribution in [0.15, 0.2) is 23.8 Å². The molecule has 2 aliphatic rings. The first kappa shape index (κ1) is 15.8. The van der Waals surface area contributed by atoms with Gasteiger partial charge in [-0.05, 0) is 68.4 Å². The number of fused-ring (bicyclic) bond motifs is 3. The lowest BCUT2D eigenvalue weighted by molar-refractivity contribution is 0.451. The van der Waals surface area contributed by atoms with Gasteiger partial charge in [0.2, 0.25) is 0 Å². The molecular formula is C20H27OP. The number of hydrogen-bond acceptors (Lipinski definition) is 1. The Bertz CT molecular complexity index is 627. The van der Waals surface area contributed by atoms with Crippen molar-refractivity contribution in [3.63, 3.8) is 0 Å². The fourth-order valence-electron chi connectivity index (χ4n) is 3.93. The Balaban J connectivity index is 1.98. The van der Waals surface area contributed by atoms with Gasteiger partial charge in [-0.3, -0.25) is 0 Å². The molecule has 0 aromatic heterocycles. The second-order valence-electron chi connectivity index (χ2n) is 6.94. The molecule has 0 saturated carbocycles. The summed E-state index contributed by atoms with van der Waals surface area (Å²) in [6, 6.07) is 4.38. The van der Waals surface area contributed by atoms with Gasteiger partial charge in [0.05, 0.1) is 0 Å². The number of rotatable bonds is 4. The van der Waals surface area contributed by atoms with Crippen molar-refractivity contribution in [3.8, 4) is 5.75 Å². The summed E-state index contributed by atoms with van der Waals surface area (Å²) in [5.74, 6) is 1.55. The molecule has 22 heavy (non-hydrogen) atoms. The first-order valence-electron chi connectivity index (χ1n) is 8.68. The minimum atomic E-state index is 0.398. The van der Waals surface area contributed by atoms with E-state index < -0.39 is 0 Å². The van der Waals surface area contributed by atoms with Gasteiger partial charge in [0.25, 0.3) is 0 Å². The van der Waals surface area contributed by atoms with Crippen molar-refractivity contribution in [2.45, 2.75) is 65.2 Å². The Morgan fingerprint density at radius 3 is 2.82 bits per heavy atom. The average molecular weight is 314 g/mol. The molecule has 1 heterocycles. The highest BCUT2D eigenvalue weighted by Gasteiger charge is 2.33. The van der Waals surface area contributed by atoms with Crippen LogP contribution in [0, 0.1) is 5.92 Å². The topological polar surface area (TPSA) is 20.2 Å². The molecule has 2 atom stereocenters. The van der Waals surface area contributed by atoms with E-state index in [9.17, 15) is 5.11 Å². The van der Waals surface area contributed by atoms with Crippen molar-refractivity contribution >= 4 is 18.8 Å². The van der Waals surface area contributed by atoms with Gasteiger partial charge in [0, 0.05) is 16.8 Å². The molecule has 1 N–H and O–H groups in total. The molecule has 3 rings (SSSR count). The summed E-state index contributed by atoms with van der Waals surface area (Å²) < 4.78 is 0. The minimum Gasteiger partial charge on any atom is -0.508 e. The van der Waals surface area contributed by atoms with Crippen molar-refractivity contribution in [3.05, 3.63) is 34.9 Å². The molecular weight excluding hydrogens is 287 g/mol. The summed E-state index contributed by atoms with van der Waals surface area (Å²) in [6.07, 6.45) is 9.68. The molecule has 0 amide bonds. The summed E-state index contributed by atoms with van der Waals surface area (Å²) >= 11 is 0. The molecule has 1 nitrogen and oxygen atoms in total. The zero-order valence-electron chi connectivity index (χ0n) is 14.0. The van der Waals surface area contributed by atoms with Crippen molar-refractivity contribution in [1.82, 2.24) is 0 Å². The Morgan fingerprint density at radius 2 is 2.05 bits per heavy atom. The summed E-state index contributed by atoms with van der Waals surface area (Å²) in [5.41, 5.74) is 3.99. The van der Waals surface area contributed by atoms with E-state index in [0.717, 1.165) is 6.42 Å². The van der Waals surface area contributed by atoms with Crippen LogP contribution in [0.25, 0.3) is 0 Å². The molecule has 1 aromatic rings. The fraction of sp³-hybridized carbons (Fsp3) is 0.550. The molecule has 2 heteroatoms. The zero-order valence-corrected chi connectivity index (χ0v) is 14.9. The fourth-order valence-corrected chi connectivity index (χ4v) is 5.38. The van der Waals surface area contributed by atoms with Crippen LogP contribution in [0.4, 0.5) is 0 Å². The monoisotopic (exact) mass is 314 g/mol. The van der Waals surface area contributed by atoms with E-state index in [1.54, 1.807) is 5.29 Å². The van der Waals surface area contributed by atoms with Gasteiger partial charge < -0.3 is 5.11 Å². The molecule has 1 aliphatic carbocycles. The Labute approximate surface area is 136 Å². The third kappa shape index (κ3) is 3.01. The van der Waals surface area contributed by atoms with Crippen molar-refractivity contribution in [2.75, 3.05) is 0 Å². The quantitative estimate of drug-likeness (QED) is 0.452. The predicted octanol–water partition coefficient (Wildman–Crippen LogP) is 5.34. The normalized spacial score (nSPS) is 24.1. The van der Waals surface area contributed by atoms with Gasteiger partial charge in [-0.2, -0.15) is 0 Å². The van der Waals surface area contributed by atoms with Crippen LogP contribution < -0.4 is 5.30 Å². The first-order chi connectivity index (χ1) is 10.6. The molecule has 0 fully saturated rings. The van der Waals surface area contributed by atoms with E-state index in [2.05, 4.69) is 32.9 Å². The molecule has 1 aromatic carbocycles. The summed E-state index contributed by atoms with van der Waals surface area (Å²) in [5, 5.41) is 13.6. The third-order valence-corrected chi connectivity index (χ3v) is 6.47. The second kappa shape index (κ2) is 6.59. The number of allylic oxidation sites excluding steroid dienone is 2. The van der Waals surface area contributed by atoms with Gasteiger partial charge in [-0.25, -0.2) is 0 Å². The predicted molar refractivity (Wildman–Crippen MR) is 97.8 cm³/mol. The van der Waals surface area contributed by atoms with Crippen LogP contribution in [0.2, 0.25) is 0 Å². The van der Waals surface area contributed by atoms with Gasteiger partial charge in [-0.1, -0.05) is 39.6 Å². The standard InChI is InChI=1S/C20H27OP/c1-4-5-6-7-15-11-18(21)20-17-10-13(2)8-9-16(17)14(3)22-19(20)12-15/h10-12,16-17,21H,4-9H2,1-3H3. The Kier molecular flexibility index (Phi) is 4.73. The molecule has 0 saturated heterocycles. The second-order valence-corrected chi connectivity index (χ2v) is 8.35. The average Bonchev–Trinajstić information content (AvgIpc) is 2.46. The number of unbranched alkanes of at least 4 members (excludes halogenated alkanes) is 2. The van der Waals surface area contributed by atoms with E-state index in [1.807, 2.05) is 6.07 Å². The molecule has 0 radical (unpaired) electrons. The highest BCUT2D eigenvalue weighted by atomic mass is 31.1. The maximum atomic E-state index is 10.7. The maximum Gasteiger partial charge on any atom is 0.120 e. The third-order valence-electron chi connectivity index (χ3n) is 5.18. The SMILES string of the molecule is CCCCCc1cc(O)c2c(c1)P=C(C)C1CCC(C)=CC21. The van der Waals surface area contributed by atoms with Gasteiger partial charge >= 0.3 is 0 Å². The van der Waals surface area contributed by atoms with Crippen LogP contribution in [-0.4, -0.2) is 10.4 Å². The van der Waals surface area contributed by atoms with Crippen LogP contribution in [0.5, 0.6) is 5.75 Å². The molecule has 0 spiro atoms. The van der Waals surface area contributed by atoms with E-state index >= 15 is 0 Å². The maximum absolute atomic E-state index is 10.7. The van der Waals surface area contributed by atoms with Crippen molar-refractivity contribution in [1.29, 1.82) is 0 Å². The molecule has 2 unspecified atom stereocenters. The molecule has 0 bridgehead atoms. The van der Waals surface area contributed by atoms with Gasteiger partial charge in [-0.15, -0.1) is 0 Å². The lowest BCUT2D eigenvalue weighted by Crippen LogP contribution is -2.29. The van der Waals surface area contributed by atoms with Gasteiger partial charge in [0.1, 0.15) is 5.75 Å². The van der Waals surface area contributed by atoms with Crippen LogP contribution in [0.1, 0.15) is 69.9 Å². The molecule has 1 aliphatic heterocycles. The smallest absolute Gasteiger partial charge is 0.120 e.